The SMILES string of the molecule is Cc1cccc(N=Cc2cc(Cl)c(OCc3ccc(F)cc3)c(Cl)c2)c1C. The van der Waals surface area contributed by atoms with Gasteiger partial charge in [0.2, 0.25) is 0 Å². The number of ether oxygens (including phenoxy) is 1. The van der Waals surface area contributed by atoms with Crippen molar-refractivity contribution in [3.63, 3.8) is 0 Å². The van der Waals surface area contributed by atoms with Crippen molar-refractivity contribution in [1.82, 2.24) is 0 Å². The van der Waals surface area contributed by atoms with Crippen molar-refractivity contribution in [2.45, 2.75) is 20.5 Å². The number of aliphatic imine (C=N–C) groups is 1. The Kier molecular flexibility index (Phi) is 6.15. The molecule has 0 aromatic heterocycles. The van der Waals surface area contributed by atoms with E-state index in [9.17, 15) is 4.39 Å². The third-order valence-corrected chi connectivity index (χ3v) is 4.81. The predicted octanol–water partition coefficient (Wildman–Crippen LogP) is 7.08. The maximum atomic E-state index is 13.0. The van der Waals surface area contributed by atoms with Crippen LogP contribution in [0.1, 0.15) is 22.3 Å². The quantitative estimate of drug-likeness (QED) is 0.418. The molecule has 0 saturated heterocycles. The summed E-state index contributed by atoms with van der Waals surface area (Å²) in [6.07, 6.45) is 1.73. The van der Waals surface area contributed by atoms with E-state index in [1.165, 1.54) is 17.7 Å². The fraction of sp³-hybridized carbons (Fsp3) is 0.136. The van der Waals surface area contributed by atoms with E-state index < -0.39 is 0 Å². The highest BCUT2D eigenvalue weighted by Gasteiger charge is 2.10. The molecule has 3 aromatic carbocycles. The van der Waals surface area contributed by atoms with E-state index in [1.807, 2.05) is 19.1 Å². The summed E-state index contributed by atoms with van der Waals surface area (Å²) in [5.74, 6) is 0.105. The zero-order valence-electron chi connectivity index (χ0n) is 15.0. The maximum absolute atomic E-state index is 13.0. The van der Waals surface area contributed by atoms with Crippen LogP contribution < -0.4 is 4.74 Å². The molecule has 0 aliphatic rings. The molecule has 27 heavy (non-hydrogen) atoms. The Morgan fingerprint density at radius 2 is 1.67 bits per heavy atom. The monoisotopic (exact) mass is 401 g/mol. The molecule has 0 heterocycles. The van der Waals surface area contributed by atoms with Gasteiger partial charge in [-0.3, -0.25) is 4.99 Å². The van der Waals surface area contributed by atoms with Crippen molar-refractivity contribution >= 4 is 35.1 Å². The molecule has 0 unspecified atom stereocenters. The number of benzene rings is 3. The maximum Gasteiger partial charge on any atom is 0.157 e. The Balaban J connectivity index is 1.77. The van der Waals surface area contributed by atoms with Crippen LogP contribution in [0.5, 0.6) is 5.75 Å². The lowest BCUT2D eigenvalue weighted by molar-refractivity contribution is 0.306. The number of rotatable bonds is 5. The largest absolute Gasteiger partial charge is 0.486 e. The number of nitrogens with zero attached hydrogens (tertiary/aromatic N) is 1. The third-order valence-electron chi connectivity index (χ3n) is 4.25. The first-order chi connectivity index (χ1) is 12.9. The Morgan fingerprint density at radius 3 is 2.33 bits per heavy atom. The molecule has 0 aliphatic heterocycles. The van der Waals surface area contributed by atoms with Gasteiger partial charge in [0.1, 0.15) is 12.4 Å². The molecular weight excluding hydrogens is 384 g/mol. The van der Waals surface area contributed by atoms with Crippen LogP contribution in [0.3, 0.4) is 0 Å². The Bertz CT molecular complexity index is 961. The number of hydrogen-bond acceptors (Lipinski definition) is 2. The zero-order chi connectivity index (χ0) is 19.4. The fourth-order valence-electron chi connectivity index (χ4n) is 2.55. The normalized spacial score (nSPS) is 11.1. The average Bonchev–Trinajstić information content (AvgIpc) is 2.64. The van der Waals surface area contributed by atoms with Crippen LogP contribution in [0.4, 0.5) is 10.1 Å². The highest BCUT2D eigenvalue weighted by molar-refractivity contribution is 6.37. The molecule has 0 spiro atoms. The van der Waals surface area contributed by atoms with Crippen LogP contribution in [-0.4, -0.2) is 6.21 Å². The second kappa shape index (κ2) is 8.55. The minimum Gasteiger partial charge on any atom is -0.486 e. The Morgan fingerprint density at radius 1 is 1.00 bits per heavy atom. The van der Waals surface area contributed by atoms with Crippen LogP contribution in [0.15, 0.2) is 59.6 Å². The van der Waals surface area contributed by atoms with Crippen LogP contribution in [-0.2, 0) is 6.61 Å². The van der Waals surface area contributed by atoms with Crippen LogP contribution in [0.2, 0.25) is 10.0 Å². The van der Waals surface area contributed by atoms with Gasteiger partial charge >= 0.3 is 0 Å². The van der Waals surface area contributed by atoms with Gasteiger partial charge < -0.3 is 4.74 Å². The lowest BCUT2D eigenvalue weighted by atomic mass is 10.1. The highest BCUT2D eigenvalue weighted by Crippen LogP contribution is 2.34. The molecule has 0 atom stereocenters. The summed E-state index contributed by atoms with van der Waals surface area (Å²) >= 11 is 12.7. The lowest BCUT2D eigenvalue weighted by Crippen LogP contribution is -1.97. The second-order valence-electron chi connectivity index (χ2n) is 6.21. The Labute approximate surface area is 168 Å². The fourth-order valence-corrected chi connectivity index (χ4v) is 3.16. The first-order valence-corrected chi connectivity index (χ1v) is 9.16. The molecule has 0 aliphatic carbocycles. The van der Waals surface area contributed by atoms with Crippen LogP contribution in [0, 0.1) is 19.7 Å². The number of halogens is 3. The predicted molar refractivity (Wildman–Crippen MR) is 110 cm³/mol. The Hall–Kier alpha value is -2.36. The summed E-state index contributed by atoms with van der Waals surface area (Å²) in [5, 5.41) is 0.791. The first kappa shape index (κ1) is 19.4. The molecule has 138 valence electrons. The van der Waals surface area contributed by atoms with Gasteiger partial charge in [-0.2, -0.15) is 0 Å². The van der Waals surface area contributed by atoms with Crippen molar-refractivity contribution in [1.29, 1.82) is 0 Å². The summed E-state index contributed by atoms with van der Waals surface area (Å²) in [6, 6.07) is 15.6. The zero-order valence-corrected chi connectivity index (χ0v) is 16.5. The summed E-state index contributed by atoms with van der Waals surface area (Å²) in [5.41, 5.74) is 4.82. The van der Waals surface area contributed by atoms with Gasteiger partial charge in [0.25, 0.3) is 0 Å². The van der Waals surface area contributed by atoms with E-state index in [1.54, 1.807) is 30.5 Å². The smallest absolute Gasteiger partial charge is 0.157 e. The van der Waals surface area contributed by atoms with E-state index in [-0.39, 0.29) is 12.4 Å². The minimum absolute atomic E-state index is 0.246. The molecule has 0 N–H and O–H groups in total. The van der Waals surface area contributed by atoms with Gasteiger partial charge in [0.05, 0.1) is 15.7 Å². The van der Waals surface area contributed by atoms with E-state index in [2.05, 4.69) is 18.0 Å². The number of hydrogen-bond donors (Lipinski definition) is 0. The van der Waals surface area contributed by atoms with Gasteiger partial charge in [-0.05, 0) is 66.4 Å². The molecule has 3 rings (SSSR count). The molecule has 3 aromatic rings. The molecule has 2 nitrogen and oxygen atoms in total. The summed E-state index contributed by atoms with van der Waals surface area (Å²) in [4.78, 5) is 4.53. The van der Waals surface area contributed by atoms with Crippen LogP contribution >= 0.6 is 23.2 Å². The summed E-state index contributed by atoms with van der Waals surface area (Å²) < 4.78 is 18.7. The van der Waals surface area contributed by atoms with Gasteiger partial charge in [-0.25, -0.2) is 4.39 Å². The number of aryl methyl sites for hydroxylation is 1. The molecule has 0 radical (unpaired) electrons. The topological polar surface area (TPSA) is 21.6 Å². The molecule has 0 amide bonds. The van der Waals surface area contributed by atoms with Gasteiger partial charge in [-0.1, -0.05) is 47.5 Å². The van der Waals surface area contributed by atoms with Gasteiger partial charge in [-0.15, -0.1) is 0 Å². The van der Waals surface area contributed by atoms with E-state index in [4.69, 9.17) is 27.9 Å². The van der Waals surface area contributed by atoms with Crippen molar-refractivity contribution in [3.05, 3.63) is 92.7 Å². The lowest BCUT2D eigenvalue weighted by Gasteiger charge is -2.11. The molecule has 5 heteroatoms. The van der Waals surface area contributed by atoms with Crippen LogP contribution in [0.25, 0.3) is 0 Å². The summed E-state index contributed by atoms with van der Waals surface area (Å²) in [6.45, 7) is 4.33. The van der Waals surface area contributed by atoms with Crippen molar-refractivity contribution in [2.24, 2.45) is 4.99 Å². The van der Waals surface area contributed by atoms with E-state index >= 15 is 0 Å². The molecular formula is C22H18Cl2FNO. The van der Waals surface area contributed by atoms with E-state index in [0.717, 1.165) is 22.4 Å². The second-order valence-corrected chi connectivity index (χ2v) is 7.02. The van der Waals surface area contributed by atoms with Crippen molar-refractivity contribution < 1.29 is 9.13 Å². The van der Waals surface area contributed by atoms with Crippen molar-refractivity contribution in [3.8, 4) is 5.75 Å². The highest BCUT2D eigenvalue weighted by atomic mass is 35.5. The van der Waals surface area contributed by atoms with Gasteiger partial charge in [0.15, 0.2) is 5.75 Å². The van der Waals surface area contributed by atoms with Crippen molar-refractivity contribution in [2.75, 3.05) is 0 Å². The molecule has 0 fully saturated rings. The summed E-state index contributed by atoms with van der Waals surface area (Å²) in [7, 11) is 0. The average molecular weight is 402 g/mol. The van der Waals surface area contributed by atoms with Gasteiger partial charge in [0, 0.05) is 6.21 Å². The molecule has 0 bridgehead atoms. The van der Waals surface area contributed by atoms with E-state index in [0.29, 0.717) is 15.8 Å². The first-order valence-electron chi connectivity index (χ1n) is 8.40. The molecule has 0 saturated carbocycles. The third kappa shape index (κ3) is 4.88. The minimum atomic E-state index is -0.290. The standard InChI is InChI=1S/C22H18Cl2FNO/c1-14-4-3-5-21(15(14)2)26-12-17-10-19(23)22(20(24)11-17)27-13-16-6-8-18(25)9-7-16/h3-12H,13H2,1-2H3.